The van der Waals surface area contributed by atoms with Gasteiger partial charge in [-0.2, -0.15) is 0 Å². The second-order valence-electron chi connectivity index (χ2n) is 6.02. The van der Waals surface area contributed by atoms with Crippen LogP contribution in [0.15, 0.2) is 41.8 Å². The molecule has 1 atom stereocenters. The molecular weight excluding hydrogens is 322 g/mol. The molecule has 2 heterocycles. The van der Waals surface area contributed by atoms with Crippen molar-refractivity contribution in [3.8, 4) is 0 Å². The van der Waals surface area contributed by atoms with E-state index in [-0.39, 0.29) is 5.91 Å². The molecule has 0 N–H and O–H groups in total. The zero-order chi connectivity index (χ0) is 16.9. The molecule has 3 rings (SSSR count). The highest BCUT2D eigenvalue weighted by atomic mass is 32.2. The van der Waals surface area contributed by atoms with Crippen molar-refractivity contribution in [3.05, 3.63) is 42.2 Å². The summed E-state index contributed by atoms with van der Waals surface area (Å²) in [6.45, 7) is 5.63. The first-order valence-electron chi connectivity index (χ1n) is 8.18. The lowest BCUT2D eigenvalue weighted by Gasteiger charge is -2.38. The summed E-state index contributed by atoms with van der Waals surface area (Å²) in [5.41, 5.74) is 1.33. The standard InChI is InChI=1S/C17H23N5OS/c1-14(15-6-4-3-5-7-15)21-8-10-22(11-9-21)16(23)12-24-17-19-18-13-20(17)2/h3-7,13-14H,8-12H2,1-2H3/t14-/m0/s1. The molecule has 24 heavy (non-hydrogen) atoms. The molecule has 128 valence electrons. The van der Waals surface area contributed by atoms with Gasteiger partial charge in [-0.15, -0.1) is 10.2 Å². The summed E-state index contributed by atoms with van der Waals surface area (Å²) in [4.78, 5) is 16.8. The Morgan fingerprint density at radius 1 is 1.21 bits per heavy atom. The summed E-state index contributed by atoms with van der Waals surface area (Å²) in [6, 6.07) is 10.9. The molecule has 7 heteroatoms. The number of aryl methyl sites for hydroxylation is 1. The fourth-order valence-corrected chi connectivity index (χ4v) is 3.71. The maximum atomic E-state index is 12.4. The number of nitrogens with zero attached hydrogens (tertiary/aromatic N) is 5. The summed E-state index contributed by atoms with van der Waals surface area (Å²) in [6.07, 6.45) is 1.65. The van der Waals surface area contributed by atoms with Crippen LogP contribution >= 0.6 is 11.8 Å². The first-order valence-corrected chi connectivity index (χ1v) is 9.17. The van der Waals surface area contributed by atoms with Crippen LogP contribution in [-0.4, -0.2) is 62.4 Å². The molecule has 0 unspecified atom stereocenters. The molecule has 0 saturated carbocycles. The van der Waals surface area contributed by atoms with Crippen LogP contribution in [0.2, 0.25) is 0 Å². The van der Waals surface area contributed by atoms with E-state index in [0.29, 0.717) is 11.8 Å². The van der Waals surface area contributed by atoms with Gasteiger partial charge in [0.2, 0.25) is 5.91 Å². The zero-order valence-electron chi connectivity index (χ0n) is 14.1. The van der Waals surface area contributed by atoms with E-state index in [1.165, 1.54) is 17.3 Å². The number of hydrogen-bond acceptors (Lipinski definition) is 5. The monoisotopic (exact) mass is 345 g/mol. The van der Waals surface area contributed by atoms with Gasteiger partial charge in [0.25, 0.3) is 0 Å². The minimum atomic E-state index is 0.176. The van der Waals surface area contributed by atoms with E-state index in [9.17, 15) is 4.79 Å². The number of piperazine rings is 1. The zero-order valence-corrected chi connectivity index (χ0v) is 14.9. The highest BCUT2D eigenvalue weighted by Gasteiger charge is 2.24. The molecule has 0 spiro atoms. The van der Waals surface area contributed by atoms with Crippen molar-refractivity contribution in [2.45, 2.75) is 18.1 Å². The SMILES string of the molecule is C[C@@H](c1ccccc1)N1CCN(C(=O)CSc2nncn2C)CC1. The van der Waals surface area contributed by atoms with Gasteiger partial charge in [-0.25, -0.2) is 0 Å². The number of rotatable bonds is 5. The molecule has 0 bridgehead atoms. The second kappa shape index (κ2) is 7.81. The lowest BCUT2D eigenvalue weighted by atomic mass is 10.1. The molecule has 2 aromatic rings. The van der Waals surface area contributed by atoms with Crippen molar-refractivity contribution in [1.29, 1.82) is 0 Å². The number of carbonyl (C=O) groups excluding carboxylic acids is 1. The number of benzene rings is 1. The molecule has 1 amide bonds. The van der Waals surface area contributed by atoms with E-state index in [1.807, 2.05) is 22.6 Å². The Balaban J connectivity index is 1.48. The fourth-order valence-electron chi connectivity index (χ4n) is 2.92. The highest BCUT2D eigenvalue weighted by Crippen LogP contribution is 2.22. The number of aromatic nitrogens is 3. The lowest BCUT2D eigenvalue weighted by Crippen LogP contribution is -2.49. The fraction of sp³-hybridized carbons (Fsp3) is 0.471. The average molecular weight is 345 g/mol. The maximum Gasteiger partial charge on any atom is 0.233 e. The van der Waals surface area contributed by atoms with E-state index < -0.39 is 0 Å². The minimum absolute atomic E-state index is 0.176. The predicted molar refractivity (Wildman–Crippen MR) is 94.7 cm³/mol. The van der Waals surface area contributed by atoms with Crippen LogP contribution in [0.3, 0.4) is 0 Å². The molecule has 1 saturated heterocycles. The normalized spacial score (nSPS) is 17.0. The number of thioether (sulfide) groups is 1. The second-order valence-corrected chi connectivity index (χ2v) is 6.96. The van der Waals surface area contributed by atoms with Gasteiger partial charge in [0.1, 0.15) is 6.33 Å². The van der Waals surface area contributed by atoms with Crippen LogP contribution in [0, 0.1) is 0 Å². The van der Waals surface area contributed by atoms with Crippen LogP contribution in [0.4, 0.5) is 0 Å². The highest BCUT2D eigenvalue weighted by molar-refractivity contribution is 7.99. The van der Waals surface area contributed by atoms with E-state index in [0.717, 1.165) is 31.3 Å². The van der Waals surface area contributed by atoms with Crippen molar-refractivity contribution >= 4 is 17.7 Å². The van der Waals surface area contributed by atoms with E-state index in [2.05, 4.69) is 46.3 Å². The smallest absolute Gasteiger partial charge is 0.233 e. The Kier molecular flexibility index (Phi) is 5.52. The molecule has 6 nitrogen and oxygen atoms in total. The van der Waals surface area contributed by atoms with Gasteiger partial charge in [-0.3, -0.25) is 9.69 Å². The van der Waals surface area contributed by atoms with E-state index in [4.69, 9.17) is 0 Å². The Labute approximate surface area is 146 Å². The van der Waals surface area contributed by atoms with E-state index >= 15 is 0 Å². The lowest BCUT2D eigenvalue weighted by molar-refractivity contribution is -0.130. The van der Waals surface area contributed by atoms with Crippen molar-refractivity contribution in [1.82, 2.24) is 24.6 Å². The van der Waals surface area contributed by atoms with Gasteiger partial charge in [0.05, 0.1) is 5.75 Å². The molecule has 0 radical (unpaired) electrons. The van der Waals surface area contributed by atoms with Crippen LogP contribution in [0.5, 0.6) is 0 Å². The van der Waals surface area contributed by atoms with Crippen molar-refractivity contribution < 1.29 is 4.79 Å². The number of hydrogen-bond donors (Lipinski definition) is 0. The third-order valence-electron chi connectivity index (χ3n) is 4.49. The molecule has 1 aliphatic rings. The molecular formula is C17H23N5OS. The first-order chi connectivity index (χ1) is 11.6. The maximum absolute atomic E-state index is 12.4. The van der Waals surface area contributed by atoms with Gasteiger partial charge in [-0.1, -0.05) is 42.1 Å². The van der Waals surface area contributed by atoms with E-state index in [1.54, 1.807) is 6.33 Å². The Morgan fingerprint density at radius 2 is 1.92 bits per heavy atom. The Morgan fingerprint density at radius 3 is 2.54 bits per heavy atom. The molecule has 1 aromatic heterocycles. The average Bonchev–Trinajstić information content (AvgIpc) is 3.05. The summed E-state index contributed by atoms with van der Waals surface area (Å²) in [7, 11) is 1.89. The molecule has 1 fully saturated rings. The Bertz CT molecular complexity index is 667. The van der Waals surface area contributed by atoms with Crippen molar-refractivity contribution in [3.63, 3.8) is 0 Å². The predicted octanol–water partition coefficient (Wildman–Crippen LogP) is 1.81. The minimum Gasteiger partial charge on any atom is -0.339 e. The van der Waals surface area contributed by atoms with Gasteiger partial charge in [0, 0.05) is 39.3 Å². The van der Waals surface area contributed by atoms with Gasteiger partial charge < -0.3 is 9.47 Å². The number of amides is 1. The summed E-state index contributed by atoms with van der Waals surface area (Å²) in [5, 5.41) is 8.61. The third-order valence-corrected chi connectivity index (χ3v) is 5.51. The molecule has 0 aliphatic carbocycles. The van der Waals surface area contributed by atoms with Gasteiger partial charge in [-0.05, 0) is 12.5 Å². The van der Waals surface area contributed by atoms with Gasteiger partial charge >= 0.3 is 0 Å². The topological polar surface area (TPSA) is 54.3 Å². The summed E-state index contributed by atoms with van der Waals surface area (Å²) >= 11 is 1.44. The molecule has 1 aliphatic heterocycles. The quantitative estimate of drug-likeness (QED) is 0.774. The first kappa shape index (κ1) is 17.0. The van der Waals surface area contributed by atoms with Crippen molar-refractivity contribution in [2.24, 2.45) is 7.05 Å². The van der Waals surface area contributed by atoms with Crippen LogP contribution in [-0.2, 0) is 11.8 Å². The number of carbonyl (C=O) groups is 1. The largest absolute Gasteiger partial charge is 0.339 e. The summed E-state index contributed by atoms with van der Waals surface area (Å²) < 4.78 is 1.83. The van der Waals surface area contributed by atoms with Crippen LogP contribution in [0.25, 0.3) is 0 Å². The van der Waals surface area contributed by atoms with Crippen molar-refractivity contribution in [2.75, 3.05) is 31.9 Å². The van der Waals surface area contributed by atoms with Crippen LogP contribution in [0.1, 0.15) is 18.5 Å². The van der Waals surface area contributed by atoms with Crippen LogP contribution < -0.4 is 0 Å². The third kappa shape index (κ3) is 3.96. The molecule has 1 aromatic carbocycles. The van der Waals surface area contributed by atoms with Gasteiger partial charge in [0.15, 0.2) is 5.16 Å². The summed E-state index contributed by atoms with van der Waals surface area (Å²) in [5.74, 6) is 0.593. The Hall–Kier alpha value is -1.86.